The van der Waals surface area contributed by atoms with Crippen LogP contribution in [0, 0.1) is 0 Å². The molecule has 1 aliphatic heterocycles. The number of ether oxygens (including phenoxy) is 4. The Labute approximate surface area is 181 Å². The van der Waals surface area contributed by atoms with E-state index in [0.29, 0.717) is 9.92 Å². The Morgan fingerprint density at radius 3 is 2.40 bits per heavy atom. The standard InChI is InChI=1S/C18H20ClN3O7S/c1-9(23)26-8-14-16(27-10(2)24)15(21-22-20)17(28-11(3)25)18(29-14)30-13-6-4-5-12(19)7-13/h4-7,14-18H,8H2,1-3H3/t14-,15+,16+,17-,18-/m1/s1. The van der Waals surface area contributed by atoms with Gasteiger partial charge in [0, 0.05) is 35.6 Å². The molecule has 0 saturated carbocycles. The molecule has 1 saturated heterocycles. The summed E-state index contributed by atoms with van der Waals surface area (Å²) < 4.78 is 21.7. The zero-order valence-corrected chi connectivity index (χ0v) is 18.0. The number of halogens is 1. The highest BCUT2D eigenvalue weighted by Crippen LogP contribution is 2.38. The number of azide groups is 1. The molecule has 0 bridgehead atoms. The van der Waals surface area contributed by atoms with Crippen molar-refractivity contribution in [3.05, 3.63) is 39.7 Å². The normalized spacial score (nSPS) is 25.5. The molecule has 1 aromatic carbocycles. The van der Waals surface area contributed by atoms with Gasteiger partial charge >= 0.3 is 17.9 Å². The van der Waals surface area contributed by atoms with Gasteiger partial charge in [-0.1, -0.05) is 34.5 Å². The molecular formula is C18H20ClN3O7S. The zero-order valence-electron chi connectivity index (χ0n) is 16.4. The van der Waals surface area contributed by atoms with Crippen LogP contribution in [-0.2, 0) is 33.3 Å². The fraction of sp³-hybridized carbons (Fsp3) is 0.500. The van der Waals surface area contributed by atoms with Crippen molar-refractivity contribution in [2.75, 3.05) is 6.61 Å². The number of esters is 3. The Morgan fingerprint density at radius 2 is 1.83 bits per heavy atom. The molecule has 1 fully saturated rings. The van der Waals surface area contributed by atoms with Gasteiger partial charge in [-0.25, -0.2) is 0 Å². The highest BCUT2D eigenvalue weighted by Gasteiger charge is 2.50. The average molecular weight is 458 g/mol. The summed E-state index contributed by atoms with van der Waals surface area (Å²) in [5, 5.41) is 4.19. The van der Waals surface area contributed by atoms with Crippen molar-refractivity contribution in [2.45, 2.75) is 55.5 Å². The SMILES string of the molecule is CC(=O)OC[C@H]1O[C@H](Sc2cccc(Cl)c2)[C@H](OC(C)=O)[C@@H](N=[N+]=[N-])[C@H]1OC(C)=O. The molecule has 0 aromatic heterocycles. The van der Waals surface area contributed by atoms with Gasteiger partial charge in [-0.2, -0.15) is 0 Å². The number of hydrogen-bond acceptors (Lipinski definition) is 9. The fourth-order valence-electron chi connectivity index (χ4n) is 2.84. The Morgan fingerprint density at radius 1 is 1.17 bits per heavy atom. The van der Waals surface area contributed by atoms with E-state index in [0.717, 1.165) is 0 Å². The highest BCUT2D eigenvalue weighted by atomic mass is 35.5. The molecule has 2 rings (SSSR count). The topological polar surface area (TPSA) is 137 Å². The summed E-state index contributed by atoms with van der Waals surface area (Å²) in [6.07, 6.45) is -3.18. The Balaban J connectivity index is 2.43. The molecule has 1 heterocycles. The van der Waals surface area contributed by atoms with Gasteiger partial charge in [0.25, 0.3) is 0 Å². The van der Waals surface area contributed by atoms with Crippen molar-refractivity contribution in [3.63, 3.8) is 0 Å². The Hall–Kier alpha value is -2.46. The number of benzene rings is 1. The van der Waals surface area contributed by atoms with Gasteiger partial charge < -0.3 is 18.9 Å². The van der Waals surface area contributed by atoms with Gasteiger partial charge in [0.15, 0.2) is 0 Å². The van der Waals surface area contributed by atoms with Gasteiger partial charge in [0.2, 0.25) is 0 Å². The summed E-state index contributed by atoms with van der Waals surface area (Å²) in [4.78, 5) is 38.1. The lowest BCUT2D eigenvalue weighted by molar-refractivity contribution is -0.201. The summed E-state index contributed by atoms with van der Waals surface area (Å²) in [5.74, 6) is -1.88. The lowest BCUT2D eigenvalue weighted by Gasteiger charge is -2.43. The summed E-state index contributed by atoms with van der Waals surface area (Å²) in [7, 11) is 0. The number of nitrogens with zero attached hydrogens (tertiary/aromatic N) is 3. The van der Waals surface area contributed by atoms with Crippen molar-refractivity contribution < 1.29 is 33.3 Å². The van der Waals surface area contributed by atoms with Crippen LogP contribution in [0.1, 0.15) is 20.8 Å². The Kier molecular flexibility index (Phi) is 8.79. The molecule has 0 radical (unpaired) electrons. The molecule has 0 amide bonds. The number of carbonyl (C=O) groups excluding carboxylic acids is 3. The molecule has 5 atom stereocenters. The first-order valence-corrected chi connectivity index (χ1v) is 10.1. The van der Waals surface area contributed by atoms with Crippen LogP contribution in [0.25, 0.3) is 10.4 Å². The second kappa shape index (κ2) is 11.1. The van der Waals surface area contributed by atoms with E-state index in [9.17, 15) is 14.4 Å². The van der Waals surface area contributed by atoms with Crippen LogP contribution < -0.4 is 0 Å². The molecule has 1 aliphatic rings. The summed E-state index contributed by atoms with van der Waals surface area (Å²) in [5.41, 5.74) is 8.20. The van der Waals surface area contributed by atoms with Crippen molar-refractivity contribution in [1.29, 1.82) is 0 Å². The van der Waals surface area contributed by atoms with Gasteiger partial charge in [-0.3, -0.25) is 14.4 Å². The first-order valence-electron chi connectivity index (χ1n) is 8.81. The van der Waals surface area contributed by atoms with Crippen LogP contribution in [0.15, 0.2) is 34.3 Å². The summed E-state index contributed by atoms with van der Waals surface area (Å²) >= 11 is 7.20. The largest absolute Gasteiger partial charge is 0.463 e. The molecule has 0 unspecified atom stereocenters. The van der Waals surface area contributed by atoms with Crippen LogP contribution in [0.3, 0.4) is 0 Å². The van der Waals surface area contributed by atoms with E-state index in [1.165, 1.54) is 32.5 Å². The van der Waals surface area contributed by atoms with Crippen molar-refractivity contribution in [2.24, 2.45) is 5.11 Å². The zero-order chi connectivity index (χ0) is 22.3. The van der Waals surface area contributed by atoms with Crippen LogP contribution in [0.2, 0.25) is 5.02 Å². The van der Waals surface area contributed by atoms with E-state index in [1.54, 1.807) is 24.3 Å². The van der Waals surface area contributed by atoms with Crippen LogP contribution in [0.5, 0.6) is 0 Å². The third-order valence-corrected chi connectivity index (χ3v) is 5.28. The molecule has 12 heteroatoms. The second-order valence-corrected chi connectivity index (χ2v) is 7.87. The molecule has 0 aliphatic carbocycles. The van der Waals surface area contributed by atoms with Gasteiger partial charge in [0.1, 0.15) is 36.4 Å². The van der Waals surface area contributed by atoms with Crippen LogP contribution in [-0.4, -0.2) is 54.3 Å². The summed E-state index contributed by atoms with van der Waals surface area (Å²) in [6, 6.07) is 5.76. The summed E-state index contributed by atoms with van der Waals surface area (Å²) in [6.45, 7) is 3.32. The minimum Gasteiger partial charge on any atom is -0.463 e. The number of rotatable bonds is 7. The van der Waals surface area contributed by atoms with Crippen molar-refractivity contribution >= 4 is 41.3 Å². The van der Waals surface area contributed by atoms with E-state index >= 15 is 0 Å². The Bertz CT molecular complexity index is 849. The van der Waals surface area contributed by atoms with Gasteiger partial charge in [0.05, 0.1) is 0 Å². The minimum atomic E-state index is -1.14. The number of thioether (sulfide) groups is 1. The first-order chi connectivity index (χ1) is 14.2. The van der Waals surface area contributed by atoms with E-state index in [4.69, 9.17) is 36.1 Å². The predicted octanol–water partition coefficient (Wildman–Crippen LogP) is 3.26. The van der Waals surface area contributed by atoms with Gasteiger partial charge in [-0.05, 0) is 23.7 Å². The lowest BCUT2D eigenvalue weighted by Crippen LogP contribution is -2.59. The minimum absolute atomic E-state index is 0.260. The van der Waals surface area contributed by atoms with Crippen molar-refractivity contribution in [1.82, 2.24) is 0 Å². The molecule has 0 N–H and O–H groups in total. The van der Waals surface area contributed by atoms with E-state index in [2.05, 4.69) is 10.0 Å². The fourth-order valence-corrected chi connectivity index (χ4v) is 4.27. The highest BCUT2D eigenvalue weighted by molar-refractivity contribution is 7.99. The second-order valence-electron chi connectivity index (χ2n) is 6.26. The maximum Gasteiger partial charge on any atom is 0.303 e. The monoisotopic (exact) mass is 457 g/mol. The number of hydrogen-bond donors (Lipinski definition) is 0. The number of carbonyl (C=O) groups is 3. The lowest BCUT2D eigenvalue weighted by atomic mass is 9.97. The van der Waals surface area contributed by atoms with Gasteiger partial charge in [-0.15, -0.1) is 0 Å². The maximum absolute atomic E-state index is 11.7. The maximum atomic E-state index is 11.7. The third kappa shape index (κ3) is 6.81. The van der Waals surface area contributed by atoms with Crippen LogP contribution in [0.4, 0.5) is 0 Å². The predicted molar refractivity (Wildman–Crippen MR) is 107 cm³/mol. The molecule has 10 nitrogen and oxygen atoms in total. The third-order valence-electron chi connectivity index (χ3n) is 3.91. The van der Waals surface area contributed by atoms with E-state index in [1.807, 2.05) is 0 Å². The van der Waals surface area contributed by atoms with E-state index in [-0.39, 0.29) is 6.61 Å². The first kappa shape index (κ1) is 23.8. The quantitative estimate of drug-likeness (QED) is 0.200. The molecule has 30 heavy (non-hydrogen) atoms. The molecule has 0 spiro atoms. The van der Waals surface area contributed by atoms with Crippen molar-refractivity contribution in [3.8, 4) is 0 Å². The molecule has 1 aromatic rings. The molecule has 162 valence electrons. The van der Waals surface area contributed by atoms with Crippen LogP contribution >= 0.6 is 23.4 Å². The smallest absolute Gasteiger partial charge is 0.303 e. The molecular weight excluding hydrogens is 438 g/mol. The van der Waals surface area contributed by atoms with E-state index < -0.39 is 47.7 Å². The average Bonchev–Trinajstić information content (AvgIpc) is 2.64.